The van der Waals surface area contributed by atoms with E-state index in [1.807, 2.05) is 36.4 Å². The lowest BCUT2D eigenvalue weighted by atomic mass is 9.96. The van der Waals surface area contributed by atoms with Gasteiger partial charge >= 0.3 is 0 Å². The molecule has 0 fully saturated rings. The molecule has 5 rings (SSSR count). The van der Waals surface area contributed by atoms with Crippen molar-refractivity contribution in [2.75, 3.05) is 6.61 Å². The van der Waals surface area contributed by atoms with Crippen molar-refractivity contribution in [3.05, 3.63) is 59.6 Å². The average Bonchev–Trinajstić information content (AvgIpc) is 3.36. The lowest BCUT2D eigenvalue weighted by molar-refractivity contribution is -0.129. The number of aromatic nitrogens is 2. The molecule has 0 aliphatic heterocycles. The van der Waals surface area contributed by atoms with Crippen LogP contribution in [0.3, 0.4) is 0 Å². The number of imidazole rings is 1. The Bertz CT molecular complexity index is 1240. The van der Waals surface area contributed by atoms with Crippen LogP contribution in [0.2, 0.25) is 0 Å². The predicted octanol–water partition coefficient (Wildman–Crippen LogP) is 2.96. The van der Waals surface area contributed by atoms with Crippen LogP contribution in [0.5, 0.6) is 5.75 Å². The van der Waals surface area contributed by atoms with Crippen molar-refractivity contribution in [3.8, 4) is 5.75 Å². The van der Waals surface area contributed by atoms with Gasteiger partial charge in [0.15, 0.2) is 6.61 Å². The Morgan fingerprint density at radius 1 is 1.06 bits per heavy atom. The number of hydrogen-bond acceptors (Lipinski definition) is 5. The van der Waals surface area contributed by atoms with E-state index >= 15 is 0 Å². The smallest absolute Gasteiger partial charge is 0.276 e. The van der Waals surface area contributed by atoms with E-state index in [4.69, 9.17) is 9.15 Å². The van der Waals surface area contributed by atoms with Gasteiger partial charge in [0.1, 0.15) is 22.9 Å². The van der Waals surface area contributed by atoms with Crippen LogP contribution in [0.15, 0.2) is 46.9 Å². The van der Waals surface area contributed by atoms with Gasteiger partial charge in [-0.2, -0.15) is 0 Å². The van der Waals surface area contributed by atoms with Crippen molar-refractivity contribution >= 4 is 33.8 Å². The van der Waals surface area contributed by atoms with Crippen molar-refractivity contribution in [1.82, 2.24) is 20.8 Å². The Hall–Kier alpha value is -3.81. The number of para-hydroxylation sites is 2. The van der Waals surface area contributed by atoms with E-state index in [1.165, 1.54) is 5.56 Å². The maximum Gasteiger partial charge on any atom is 0.276 e. The molecule has 1 aliphatic rings. The van der Waals surface area contributed by atoms with Crippen LogP contribution in [0, 0.1) is 0 Å². The molecule has 31 heavy (non-hydrogen) atoms. The van der Waals surface area contributed by atoms with Crippen molar-refractivity contribution < 1.29 is 18.7 Å². The lowest BCUT2D eigenvalue weighted by Gasteiger charge is -2.10. The normalized spacial score (nSPS) is 13.2. The second kappa shape index (κ2) is 8.14. The number of rotatable bonds is 5. The molecule has 4 aromatic rings. The van der Waals surface area contributed by atoms with Crippen LogP contribution in [-0.4, -0.2) is 28.4 Å². The number of nitrogens with zero attached hydrogens (tertiary/aromatic N) is 1. The number of carbonyl (C=O) groups excluding carboxylic acids is 2. The Kier molecular flexibility index (Phi) is 5.03. The van der Waals surface area contributed by atoms with Crippen molar-refractivity contribution in [2.45, 2.75) is 32.1 Å². The summed E-state index contributed by atoms with van der Waals surface area (Å²) in [5.41, 5.74) is 8.49. The van der Waals surface area contributed by atoms with Gasteiger partial charge in [-0.15, -0.1) is 0 Å². The Morgan fingerprint density at radius 3 is 2.81 bits per heavy atom. The van der Waals surface area contributed by atoms with E-state index in [-0.39, 0.29) is 18.9 Å². The molecule has 0 atom stereocenters. The molecule has 0 bridgehead atoms. The van der Waals surface area contributed by atoms with Crippen LogP contribution in [0.4, 0.5) is 0 Å². The topological polar surface area (TPSA) is 109 Å². The summed E-state index contributed by atoms with van der Waals surface area (Å²) in [6, 6.07) is 13.1. The molecule has 2 amide bonds. The lowest BCUT2D eigenvalue weighted by Crippen LogP contribution is -2.44. The Morgan fingerprint density at radius 2 is 1.90 bits per heavy atom. The number of amides is 2. The standard InChI is InChI=1S/C23H22N4O4/c28-22(12-21-24-17-6-2-3-7-18(17)25-21)26-27-23(29)13-30-14-9-10-20-16(11-14)15-5-1-4-8-19(15)31-20/h2-3,6-7,9-11H,1,4-5,8,12-13H2,(H,24,25)(H,26,28)(H,27,29). The number of H-pyrrole nitrogens is 1. The van der Waals surface area contributed by atoms with Crippen LogP contribution in [0.25, 0.3) is 22.0 Å². The quantitative estimate of drug-likeness (QED) is 0.432. The first kappa shape index (κ1) is 19.2. The van der Waals surface area contributed by atoms with E-state index in [0.29, 0.717) is 11.6 Å². The highest BCUT2D eigenvalue weighted by atomic mass is 16.5. The fraction of sp³-hybridized carbons (Fsp3) is 0.261. The number of nitrogens with one attached hydrogen (secondary N) is 3. The highest BCUT2D eigenvalue weighted by molar-refractivity contribution is 5.85. The maximum atomic E-state index is 12.1. The van der Waals surface area contributed by atoms with Gasteiger partial charge in [-0.3, -0.25) is 20.4 Å². The summed E-state index contributed by atoms with van der Waals surface area (Å²) < 4.78 is 11.5. The van der Waals surface area contributed by atoms with Gasteiger partial charge in [-0.05, 0) is 49.6 Å². The van der Waals surface area contributed by atoms with E-state index < -0.39 is 5.91 Å². The maximum absolute atomic E-state index is 12.1. The van der Waals surface area contributed by atoms with Crippen LogP contribution >= 0.6 is 0 Å². The van der Waals surface area contributed by atoms with Crippen molar-refractivity contribution in [2.24, 2.45) is 0 Å². The molecule has 2 aromatic heterocycles. The van der Waals surface area contributed by atoms with Gasteiger partial charge in [0, 0.05) is 17.4 Å². The minimum Gasteiger partial charge on any atom is -0.484 e. The summed E-state index contributed by atoms with van der Waals surface area (Å²) in [5, 5.41) is 1.05. The summed E-state index contributed by atoms with van der Waals surface area (Å²) in [4.78, 5) is 31.6. The molecule has 0 saturated heterocycles. The molecule has 2 heterocycles. The highest BCUT2D eigenvalue weighted by Crippen LogP contribution is 2.33. The van der Waals surface area contributed by atoms with Crippen LogP contribution in [-0.2, 0) is 28.9 Å². The summed E-state index contributed by atoms with van der Waals surface area (Å²) in [7, 11) is 0. The van der Waals surface area contributed by atoms with Crippen LogP contribution in [0.1, 0.15) is 30.0 Å². The predicted molar refractivity (Wildman–Crippen MR) is 114 cm³/mol. The van der Waals surface area contributed by atoms with Gasteiger partial charge in [0.2, 0.25) is 5.91 Å². The fourth-order valence-corrected chi connectivity index (χ4v) is 3.94. The number of furan rings is 1. The molecule has 8 nitrogen and oxygen atoms in total. The van der Waals surface area contributed by atoms with E-state index in [2.05, 4.69) is 20.8 Å². The molecule has 1 aliphatic carbocycles. The highest BCUT2D eigenvalue weighted by Gasteiger charge is 2.18. The zero-order chi connectivity index (χ0) is 21.2. The first-order valence-electron chi connectivity index (χ1n) is 10.3. The second-order valence-corrected chi connectivity index (χ2v) is 7.63. The molecule has 8 heteroatoms. The summed E-state index contributed by atoms with van der Waals surface area (Å²) in [6.07, 6.45) is 4.30. The third-order valence-corrected chi connectivity index (χ3v) is 5.40. The van der Waals surface area contributed by atoms with Gasteiger partial charge < -0.3 is 14.1 Å². The minimum atomic E-state index is -0.452. The minimum absolute atomic E-state index is 0.0259. The molecule has 0 radical (unpaired) electrons. The first-order chi connectivity index (χ1) is 15.2. The number of hydrogen-bond donors (Lipinski definition) is 3. The fourth-order valence-electron chi connectivity index (χ4n) is 3.94. The molecule has 0 saturated carbocycles. The largest absolute Gasteiger partial charge is 0.484 e. The summed E-state index contributed by atoms with van der Waals surface area (Å²) >= 11 is 0. The third kappa shape index (κ3) is 4.09. The third-order valence-electron chi connectivity index (χ3n) is 5.40. The molecule has 158 valence electrons. The summed E-state index contributed by atoms with van der Waals surface area (Å²) in [6.45, 7) is -0.212. The number of benzene rings is 2. The zero-order valence-electron chi connectivity index (χ0n) is 16.9. The molecule has 0 spiro atoms. The van der Waals surface area contributed by atoms with E-state index in [9.17, 15) is 9.59 Å². The van der Waals surface area contributed by atoms with E-state index in [1.54, 1.807) is 6.07 Å². The molecule has 2 aromatic carbocycles. The average molecular weight is 418 g/mol. The van der Waals surface area contributed by atoms with E-state index in [0.717, 1.165) is 53.4 Å². The first-order valence-corrected chi connectivity index (χ1v) is 10.3. The summed E-state index contributed by atoms with van der Waals surface area (Å²) in [5.74, 6) is 1.35. The Labute approximate surface area is 177 Å². The SMILES string of the molecule is O=C(COc1ccc2oc3c(c2c1)CCCC3)NNC(=O)Cc1nc2ccccc2[nH]1. The zero-order valence-corrected chi connectivity index (χ0v) is 16.9. The number of fused-ring (bicyclic) bond motifs is 4. The Balaban J connectivity index is 1.13. The van der Waals surface area contributed by atoms with Crippen molar-refractivity contribution in [1.29, 1.82) is 0 Å². The van der Waals surface area contributed by atoms with Gasteiger partial charge in [0.25, 0.3) is 5.91 Å². The molecule has 3 N–H and O–H groups in total. The number of aryl methyl sites for hydroxylation is 2. The van der Waals surface area contributed by atoms with Crippen molar-refractivity contribution in [3.63, 3.8) is 0 Å². The number of hydrazine groups is 1. The number of carbonyl (C=O) groups is 2. The van der Waals surface area contributed by atoms with Gasteiger partial charge in [-0.1, -0.05) is 12.1 Å². The number of aromatic amines is 1. The second-order valence-electron chi connectivity index (χ2n) is 7.63. The molecular formula is C23H22N4O4. The van der Waals surface area contributed by atoms with Crippen LogP contribution < -0.4 is 15.6 Å². The monoisotopic (exact) mass is 418 g/mol. The molecular weight excluding hydrogens is 396 g/mol. The van der Waals surface area contributed by atoms with Gasteiger partial charge in [0.05, 0.1) is 17.5 Å². The molecule has 0 unspecified atom stereocenters. The van der Waals surface area contributed by atoms with Gasteiger partial charge in [-0.25, -0.2) is 4.98 Å². The number of ether oxygens (including phenoxy) is 1.